The standard InChI is InChI=1S/C16H19BrO3/c1-9-8-10(17)6-7-11(9)12-13(18)15(2,3)20-16(4,5)14(12)19/h6-8,12H,1-5H3. The van der Waals surface area contributed by atoms with Crippen LogP contribution in [0, 0.1) is 6.92 Å². The van der Waals surface area contributed by atoms with E-state index in [0.717, 1.165) is 15.6 Å². The average Bonchev–Trinajstić information content (AvgIpc) is 2.28. The number of halogens is 1. The second kappa shape index (κ2) is 4.78. The molecule has 2 rings (SSSR count). The molecular formula is C16H19BrO3. The van der Waals surface area contributed by atoms with Crippen LogP contribution in [0.5, 0.6) is 0 Å². The van der Waals surface area contributed by atoms with E-state index in [9.17, 15) is 9.59 Å². The summed E-state index contributed by atoms with van der Waals surface area (Å²) in [5.74, 6) is -1.10. The van der Waals surface area contributed by atoms with Gasteiger partial charge >= 0.3 is 0 Å². The van der Waals surface area contributed by atoms with E-state index in [1.54, 1.807) is 27.7 Å². The second-order valence-electron chi connectivity index (χ2n) is 6.29. The number of ether oxygens (including phenoxy) is 1. The van der Waals surface area contributed by atoms with Gasteiger partial charge in [-0.2, -0.15) is 0 Å². The van der Waals surface area contributed by atoms with Gasteiger partial charge in [0.15, 0.2) is 11.6 Å². The number of Topliss-reactive ketones (excluding diaryl/α,β-unsaturated/α-hetero) is 2. The Hall–Kier alpha value is -1.00. The van der Waals surface area contributed by atoms with E-state index in [2.05, 4.69) is 15.9 Å². The van der Waals surface area contributed by atoms with E-state index in [0.29, 0.717) is 0 Å². The van der Waals surface area contributed by atoms with Crippen molar-refractivity contribution in [3.05, 3.63) is 33.8 Å². The summed E-state index contributed by atoms with van der Waals surface area (Å²) in [5.41, 5.74) is -0.212. The summed E-state index contributed by atoms with van der Waals surface area (Å²) < 4.78 is 6.63. The second-order valence-corrected chi connectivity index (χ2v) is 7.20. The first-order valence-corrected chi connectivity index (χ1v) is 7.40. The summed E-state index contributed by atoms with van der Waals surface area (Å²) in [6.45, 7) is 8.82. The minimum absolute atomic E-state index is 0.174. The van der Waals surface area contributed by atoms with Gasteiger partial charge in [-0.15, -0.1) is 0 Å². The minimum atomic E-state index is -0.957. The molecule has 0 N–H and O–H groups in total. The molecular weight excluding hydrogens is 320 g/mol. The molecule has 1 saturated heterocycles. The van der Waals surface area contributed by atoms with Gasteiger partial charge in [0, 0.05) is 4.47 Å². The molecule has 20 heavy (non-hydrogen) atoms. The summed E-state index contributed by atoms with van der Waals surface area (Å²) in [7, 11) is 0. The molecule has 0 atom stereocenters. The zero-order valence-electron chi connectivity index (χ0n) is 12.4. The summed E-state index contributed by atoms with van der Waals surface area (Å²) in [6, 6.07) is 5.63. The summed E-state index contributed by atoms with van der Waals surface area (Å²) >= 11 is 3.40. The molecule has 0 aliphatic carbocycles. The lowest BCUT2D eigenvalue weighted by molar-refractivity contribution is -0.184. The number of hydrogen-bond donors (Lipinski definition) is 0. The molecule has 0 saturated carbocycles. The van der Waals surface area contributed by atoms with Crippen molar-refractivity contribution in [2.24, 2.45) is 0 Å². The first kappa shape index (κ1) is 15.4. The Morgan fingerprint density at radius 2 is 1.55 bits per heavy atom. The smallest absolute Gasteiger partial charge is 0.179 e. The van der Waals surface area contributed by atoms with Gasteiger partial charge in [0.25, 0.3) is 0 Å². The van der Waals surface area contributed by atoms with Crippen LogP contribution in [0.1, 0.15) is 44.7 Å². The Kier molecular flexibility index (Phi) is 3.68. The topological polar surface area (TPSA) is 43.4 Å². The molecule has 1 aromatic carbocycles. The Morgan fingerprint density at radius 1 is 1.05 bits per heavy atom. The first-order chi connectivity index (χ1) is 9.06. The van der Waals surface area contributed by atoms with Gasteiger partial charge in [-0.3, -0.25) is 9.59 Å². The Balaban J connectivity index is 2.57. The normalized spacial score (nSPS) is 22.1. The van der Waals surface area contributed by atoms with Crippen LogP contribution in [0.15, 0.2) is 22.7 Å². The molecule has 0 unspecified atom stereocenters. The average molecular weight is 339 g/mol. The molecule has 0 amide bonds. The van der Waals surface area contributed by atoms with Crippen molar-refractivity contribution in [1.82, 2.24) is 0 Å². The summed E-state index contributed by atoms with van der Waals surface area (Å²) in [5, 5.41) is 0. The molecule has 1 heterocycles. The molecule has 0 radical (unpaired) electrons. The van der Waals surface area contributed by atoms with E-state index in [-0.39, 0.29) is 11.6 Å². The zero-order valence-corrected chi connectivity index (χ0v) is 14.0. The minimum Gasteiger partial charge on any atom is -0.354 e. The van der Waals surface area contributed by atoms with Crippen LogP contribution in [0.25, 0.3) is 0 Å². The summed E-state index contributed by atoms with van der Waals surface area (Å²) in [4.78, 5) is 25.3. The van der Waals surface area contributed by atoms with E-state index < -0.39 is 17.1 Å². The fourth-order valence-corrected chi connectivity index (χ4v) is 3.27. The maximum Gasteiger partial charge on any atom is 0.179 e. The molecule has 1 aromatic rings. The SMILES string of the molecule is Cc1cc(Br)ccc1C1C(=O)C(C)(C)OC(C)(C)C1=O. The molecule has 0 spiro atoms. The largest absolute Gasteiger partial charge is 0.354 e. The van der Waals surface area contributed by atoms with Crippen molar-refractivity contribution < 1.29 is 14.3 Å². The first-order valence-electron chi connectivity index (χ1n) is 6.61. The highest BCUT2D eigenvalue weighted by atomic mass is 79.9. The van der Waals surface area contributed by atoms with Gasteiger partial charge in [0.05, 0.1) is 0 Å². The molecule has 3 nitrogen and oxygen atoms in total. The number of carbonyl (C=O) groups excluding carboxylic acids is 2. The number of benzene rings is 1. The van der Waals surface area contributed by atoms with Crippen LogP contribution in [-0.4, -0.2) is 22.8 Å². The molecule has 0 bridgehead atoms. The zero-order chi connectivity index (χ0) is 15.3. The maximum absolute atomic E-state index is 12.6. The lowest BCUT2D eigenvalue weighted by Gasteiger charge is -2.43. The Bertz CT molecular complexity index is 561. The van der Waals surface area contributed by atoms with Gasteiger partial charge in [-0.05, 0) is 57.9 Å². The van der Waals surface area contributed by atoms with Crippen LogP contribution in [0.3, 0.4) is 0 Å². The van der Waals surface area contributed by atoms with Crippen molar-refractivity contribution in [2.45, 2.75) is 51.7 Å². The lowest BCUT2D eigenvalue weighted by atomic mass is 9.74. The fourth-order valence-electron chi connectivity index (χ4n) is 2.80. The van der Waals surface area contributed by atoms with E-state index in [4.69, 9.17) is 4.74 Å². The quantitative estimate of drug-likeness (QED) is 0.735. The molecule has 4 heteroatoms. The molecule has 108 valence electrons. The predicted octanol–water partition coefficient (Wildman–Crippen LogP) is 3.57. The number of hydrogen-bond acceptors (Lipinski definition) is 3. The predicted molar refractivity (Wildman–Crippen MR) is 80.9 cm³/mol. The molecule has 1 aliphatic heterocycles. The number of rotatable bonds is 1. The van der Waals surface area contributed by atoms with E-state index in [1.165, 1.54) is 0 Å². The molecule has 1 fully saturated rings. The Labute approximate surface area is 127 Å². The Morgan fingerprint density at radius 3 is 2.00 bits per heavy atom. The monoisotopic (exact) mass is 338 g/mol. The van der Waals surface area contributed by atoms with Gasteiger partial charge in [-0.25, -0.2) is 0 Å². The third kappa shape index (κ3) is 2.47. The van der Waals surface area contributed by atoms with Crippen LogP contribution < -0.4 is 0 Å². The van der Waals surface area contributed by atoms with Crippen molar-refractivity contribution in [1.29, 1.82) is 0 Å². The highest BCUT2D eigenvalue weighted by Crippen LogP contribution is 2.39. The van der Waals surface area contributed by atoms with Gasteiger partial charge in [0.1, 0.15) is 17.1 Å². The fraction of sp³-hybridized carbons (Fsp3) is 0.500. The van der Waals surface area contributed by atoms with Crippen LogP contribution in [0.2, 0.25) is 0 Å². The van der Waals surface area contributed by atoms with Gasteiger partial charge in [-0.1, -0.05) is 22.0 Å². The van der Waals surface area contributed by atoms with Crippen LogP contribution in [-0.2, 0) is 14.3 Å². The summed E-state index contributed by atoms with van der Waals surface area (Å²) in [6.07, 6.45) is 0. The third-order valence-corrected chi connectivity index (χ3v) is 4.26. The number of aryl methyl sites for hydroxylation is 1. The highest BCUT2D eigenvalue weighted by molar-refractivity contribution is 9.10. The third-order valence-electron chi connectivity index (χ3n) is 3.76. The number of carbonyl (C=O) groups is 2. The van der Waals surface area contributed by atoms with Gasteiger partial charge in [0.2, 0.25) is 0 Å². The molecule has 0 aromatic heterocycles. The van der Waals surface area contributed by atoms with Crippen molar-refractivity contribution >= 4 is 27.5 Å². The lowest BCUT2D eigenvalue weighted by Crippen LogP contribution is -2.57. The van der Waals surface area contributed by atoms with Crippen molar-refractivity contribution in [2.75, 3.05) is 0 Å². The van der Waals surface area contributed by atoms with Crippen molar-refractivity contribution in [3.63, 3.8) is 0 Å². The van der Waals surface area contributed by atoms with Crippen molar-refractivity contribution in [3.8, 4) is 0 Å². The van der Waals surface area contributed by atoms with E-state index in [1.807, 2.05) is 25.1 Å². The number of ketones is 2. The van der Waals surface area contributed by atoms with Gasteiger partial charge < -0.3 is 4.74 Å². The maximum atomic E-state index is 12.6. The molecule has 1 aliphatic rings. The van der Waals surface area contributed by atoms with Crippen LogP contribution in [0.4, 0.5) is 0 Å². The van der Waals surface area contributed by atoms with Crippen LogP contribution >= 0.6 is 15.9 Å². The highest BCUT2D eigenvalue weighted by Gasteiger charge is 2.53. The van der Waals surface area contributed by atoms with E-state index >= 15 is 0 Å².